The molecule has 1 atom stereocenters. The minimum atomic E-state index is -3.92. The molecule has 0 amide bonds. The van der Waals surface area contributed by atoms with E-state index >= 15 is 0 Å². The molecule has 0 bridgehead atoms. The number of benzene rings is 5. The van der Waals surface area contributed by atoms with Crippen molar-refractivity contribution in [2.75, 3.05) is 9.44 Å². The zero-order chi connectivity index (χ0) is 34.8. The van der Waals surface area contributed by atoms with Crippen LogP contribution in [0.3, 0.4) is 0 Å². The molecule has 0 spiro atoms. The summed E-state index contributed by atoms with van der Waals surface area (Å²) >= 11 is 0. The molecule has 49 heavy (non-hydrogen) atoms. The Kier molecular flexibility index (Phi) is 9.22. The topological polar surface area (TPSA) is 127 Å². The van der Waals surface area contributed by atoms with Gasteiger partial charge in [-0.1, -0.05) is 90.0 Å². The van der Waals surface area contributed by atoms with Crippen LogP contribution in [0.25, 0.3) is 22.3 Å². The van der Waals surface area contributed by atoms with E-state index in [0.29, 0.717) is 22.4 Å². The first-order chi connectivity index (χ1) is 23.4. The normalized spacial score (nSPS) is 12.3. The van der Waals surface area contributed by atoms with Crippen LogP contribution in [0.1, 0.15) is 29.7 Å². The van der Waals surface area contributed by atoms with Crippen molar-refractivity contribution in [2.24, 2.45) is 0 Å². The molecule has 0 radical (unpaired) electrons. The number of nitrogens with one attached hydrogen (secondary N) is 2. The van der Waals surface area contributed by atoms with Crippen LogP contribution in [-0.4, -0.2) is 26.6 Å². The molecule has 0 saturated heterocycles. The molecule has 2 N–H and O–H groups in total. The van der Waals surface area contributed by atoms with Gasteiger partial charge in [-0.15, -0.1) is 0 Å². The van der Waals surface area contributed by atoms with Gasteiger partial charge in [0.15, 0.2) is 0 Å². The van der Waals surface area contributed by atoms with E-state index < -0.39 is 31.6 Å². The van der Waals surface area contributed by atoms with Crippen LogP contribution in [0.15, 0.2) is 148 Å². The number of hydrogen-bond acceptors (Lipinski definition) is 6. The Morgan fingerprint density at radius 1 is 0.612 bits per heavy atom. The Morgan fingerprint density at radius 2 is 1.10 bits per heavy atom. The summed E-state index contributed by atoms with van der Waals surface area (Å²) in [6, 6.07) is 35.5. The summed E-state index contributed by atoms with van der Waals surface area (Å²) in [7, 11) is -7.81. The van der Waals surface area contributed by atoms with Crippen LogP contribution in [0.4, 0.5) is 11.4 Å². The Morgan fingerprint density at radius 3 is 1.63 bits per heavy atom. The highest BCUT2D eigenvalue weighted by atomic mass is 32.2. The fourth-order valence-electron chi connectivity index (χ4n) is 5.46. The average molecular weight is 691 g/mol. The number of aromatic nitrogens is 2. The second kappa shape index (κ2) is 13.5. The maximum absolute atomic E-state index is 14.4. The van der Waals surface area contributed by atoms with Gasteiger partial charge in [-0.25, -0.2) is 21.5 Å². The van der Waals surface area contributed by atoms with E-state index in [9.17, 15) is 21.6 Å². The summed E-state index contributed by atoms with van der Waals surface area (Å²) in [5.41, 5.74) is 4.60. The lowest BCUT2D eigenvalue weighted by molar-refractivity contribution is 0.533. The van der Waals surface area contributed by atoms with E-state index in [1.807, 2.05) is 51.1 Å². The first kappa shape index (κ1) is 33.4. The molecule has 1 unspecified atom stereocenters. The lowest BCUT2D eigenvalue weighted by Crippen LogP contribution is -2.28. The zero-order valence-electron chi connectivity index (χ0n) is 27.0. The van der Waals surface area contributed by atoms with Gasteiger partial charge in [0.2, 0.25) is 0 Å². The van der Waals surface area contributed by atoms with Crippen LogP contribution in [0, 0.1) is 13.8 Å². The van der Waals surface area contributed by atoms with E-state index in [-0.39, 0.29) is 21.0 Å². The van der Waals surface area contributed by atoms with Gasteiger partial charge in [-0.2, -0.15) is 5.10 Å². The standard InChI is InChI=1S/C38H34N4O5S2/c1-26-15-19-34(20-16-26)48(44,45)40-32-13-7-11-30(23-32)36-25-39-42(28(3)29-9-5-4-6-10-29)38(43)37(36)31-12-8-14-33(24-31)41-49(46,47)35-21-17-27(2)18-22-35/h4-25,28,40-41H,1-3H3. The third-order valence-corrected chi connectivity index (χ3v) is 10.9. The molecule has 0 saturated carbocycles. The maximum Gasteiger partial charge on any atom is 0.275 e. The van der Waals surface area contributed by atoms with Crippen molar-refractivity contribution in [3.63, 3.8) is 0 Å². The molecule has 11 heteroatoms. The van der Waals surface area contributed by atoms with Crippen molar-refractivity contribution in [2.45, 2.75) is 36.6 Å². The minimum absolute atomic E-state index is 0.108. The van der Waals surface area contributed by atoms with Crippen LogP contribution in [-0.2, 0) is 20.0 Å². The summed E-state index contributed by atoms with van der Waals surface area (Å²) in [4.78, 5) is 14.6. The van der Waals surface area contributed by atoms with Gasteiger partial charge >= 0.3 is 0 Å². The van der Waals surface area contributed by atoms with E-state index in [1.54, 1.807) is 79.0 Å². The molecular formula is C38H34N4O5S2. The number of aryl methyl sites for hydroxylation is 2. The molecular weight excluding hydrogens is 657 g/mol. The largest absolute Gasteiger partial charge is 0.280 e. The third kappa shape index (κ3) is 7.33. The Hall–Kier alpha value is -5.52. The van der Waals surface area contributed by atoms with Gasteiger partial charge in [-0.3, -0.25) is 14.2 Å². The molecule has 5 aromatic carbocycles. The van der Waals surface area contributed by atoms with Gasteiger partial charge in [-0.05, 0) is 86.0 Å². The molecule has 0 aliphatic rings. The van der Waals surface area contributed by atoms with Crippen molar-refractivity contribution >= 4 is 31.4 Å². The monoisotopic (exact) mass is 690 g/mol. The quantitative estimate of drug-likeness (QED) is 0.154. The number of nitrogens with zero attached hydrogens (tertiary/aromatic N) is 2. The van der Waals surface area contributed by atoms with Crippen LogP contribution in [0.5, 0.6) is 0 Å². The number of rotatable bonds is 10. The lowest BCUT2D eigenvalue weighted by atomic mass is 9.96. The summed E-state index contributed by atoms with van der Waals surface area (Å²) in [6.45, 7) is 5.63. The summed E-state index contributed by atoms with van der Waals surface area (Å²) in [6.07, 6.45) is 1.58. The van der Waals surface area contributed by atoms with Gasteiger partial charge in [0.05, 0.1) is 27.6 Å². The molecule has 9 nitrogen and oxygen atoms in total. The van der Waals surface area contributed by atoms with Gasteiger partial charge in [0.1, 0.15) is 0 Å². The fourth-order valence-corrected chi connectivity index (χ4v) is 7.56. The molecule has 6 aromatic rings. The SMILES string of the molecule is Cc1ccc(S(=O)(=O)Nc2cccc(-c3cnn(C(C)c4ccccc4)c(=O)c3-c3cccc(NS(=O)(=O)c4ccc(C)cc4)c3)c2)cc1. The second-order valence-electron chi connectivity index (χ2n) is 11.8. The zero-order valence-corrected chi connectivity index (χ0v) is 28.7. The van der Waals surface area contributed by atoms with Crippen molar-refractivity contribution in [1.82, 2.24) is 9.78 Å². The van der Waals surface area contributed by atoms with Crippen molar-refractivity contribution < 1.29 is 16.8 Å². The van der Waals surface area contributed by atoms with E-state index in [4.69, 9.17) is 0 Å². The number of sulfonamides is 2. The molecule has 1 heterocycles. The second-order valence-corrected chi connectivity index (χ2v) is 15.1. The Balaban J connectivity index is 1.45. The third-order valence-electron chi connectivity index (χ3n) is 8.14. The smallest absolute Gasteiger partial charge is 0.275 e. The molecule has 1 aromatic heterocycles. The summed E-state index contributed by atoms with van der Waals surface area (Å²) in [5.74, 6) is 0. The predicted molar refractivity (Wildman–Crippen MR) is 194 cm³/mol. The molecule has 248 valence electrons. The van der Waals surface area contributed by atoms with Crippen molar-refractivity contribution in [1.29, 1.82) is 0 Å². The predicted octanol–water partition coefficient (Wildman–Crippen LogP) is 7.41. The van der Waals surface area contributed by atoms with Crippen LogP contribution >= 0.6 is 0 Å². The Bertz CT molecular complexity index is 2410. The van der Waals surface area contributed by atoms with Gasteiger partial charge in [0, 0.05) is 16.9 Å². The van der Waals surface area contributed by atoms with E-state index in [2.05, 4.69) is 14.5 Å². The fraction of sp³-hybridized carbons (Fsp3) is 0.105. The van der Waals surface area contributed by atoms with E-state index in [0.717, 1.165) is 16.7 Å². The number of anilines is 2. The highest BCUT2D eigenvalue weighted by molar-refractivity contribution is 7.93. The molecule has 6 rings (SSSR count). The van der Waals surface area contributed by atoms with Crippen molar-refractivity contribution in [3.05, 3.63) is 161 Å². The molecule has 0 aliphatic heterocycles. The van der Waals surface area contributed by atoms with Gasteiger partial charge < -0.3 is 0 Å². The van der Waals surface area contributed by atoms with Crippen molar-refractivity contribution in [3.8, 4) is 22.3 Å². The number of hydrogen-bond donors (Lipinski definition) is 2. The first-order valence-corrected chi connectivity index (χ1v) is 18.4. The van der Waals surface area contributed by atoms with E-state index in [1.165, 1.54) is 28.9 Å². The lowest BCUT2D eigenvalue weighted by Gasteiger charge is -2.18. The average Bonchev–Trinajstić information content (AvgIpc) is 3.08. The van der Waals surface area contributed by atoms with Crippen LogP contribution in [0.2, 0.25) is 0 Å². The maximum atomic E-state index is 14.4. The van der Waals surface area contributed by atoms with Crippen LogP contribution < -0.4 is 15.0 Å². The minimum Gasteiger partial charge on any atom is -0.280 e. The molecule has 0 fully saturated rings. The molecule has 0 aliphatic carbocycles. The Labute approximate surface area is 286 Å². The first-order valence-electron chi connectivity index (χ1n) is 15.5. The highest BCUT2D eigenvalue weighted by Crippen LogP contribution is 2.33. The highest BCUT2D eigenvalue weighted by Gasteiger charge is 2.21. The summed E-state index contributed by atoms with van der Waals surface area (Å²) < 4.78 is 59.5. The summed E-state index contributed by atoms with van der Waals surface area (Å²) in [5, 5.41) is 4.56. The van der Waals surface area contributed by atoms with Gasteiger partial charge in [0.25, 0.3) is 25.6 Å².